The van der Waals surface area contributed by atoms with Gasteiger partial charge >= 0.3 is 0 Å². The van der Waals surface area contributed by atoms with Crippen LogP contribution in [-0.4, -0.2) is 67.4 Å². The van der Waals surface area contributed by atoms with Crippen LogP contribution in [0.3, 0.4) is 0 Å². The summed E-state index contributed by atoms with van der Waals surface area (Å²) in [5.41, 5.74) is 4.48. The van der Waals surface area contributed by atoms with E-state index in [0.717, 1.165) is 32.1 Å². The molecule has 2 aliphatic heterocycles. The minimum absolute atomic E-state index is 0.120. The Morgan fingerprint density at radius 3 is 2.25 bits per heavy atom. The summed E-state index contributed by atoms with van der Waals surface area (Å²) in [7, 11) is 0. The molecule has 2 heterocycles. The monoisotopic (exact) mass is 841 g/mol. The van der Waals surface area contributed by atoms with Gasteiger partial charge < -0.3 is 30.0 Å². The molecule has 4 unspecified atom stereocenters. The highest BCUT2D eigenvalue weighted by atomic mass is 127. The molecular formula is C23H30I3N3O7. The number of hydrogen-bond donors (Lipinski definition) is 2. The SMILES string of the molecule is NC(=O)c1ccccc1C(=O)N(I)C(I)C(CI)(NC(=O)COC1CCCCO1)OC1CCCCO1. The molecule has 1 aromatic rings. The molecule has 2 fully saturated rings. The first kappa shape index (κ1) is 30.2. The quantitative estimate of drug-likeness (QED) is 0.115. The maximum absolute atomic E-state index is 13.4. The van der Waals surface area contributed by atoms with E-state index in [1.807, 2.05) is 22.9 Å². The fraction of sp³-hybridized carbons (Fsp3) is 0.609. The van der Waals surface area contributed by atoms with Gasteiger partial charge in [0.05, 0.1) is 38.4 Å². The van der Waals surface area contributed by atoms with Gasteiger partial charge in [0.2, 0.25) is 11.8 Å². The van der Waals surface area contributed by atoms with Crippen LogP contribution >= 0.6 is 68.0 Å². The minimum Gasteiger partial charge on any atom is -0.366 e. The molecule has 0 saturated carbocycles. The van der Waals surface area contributed by atoms with E-state index in [-0.39, 0.29) is 17.7 Å². The Morgan fingerprint density at radius 2 is 1.69 bits per heavy atom. The zero-order chi connectivity index (χ0) is 26.1. The van der Waals surface area contributed by atoms with Crippen LogP contribution in [0.4, 0.5) is 0 Å². The van der Waals surface area contributed by atoms with E-state index in [1.54, 1.807) is 18.2 Å². The van der Waals surface area contributed by atoms with Crippen molar-refractivity contribution < 1.29 is 33.3 Å². The molecule has 0 spiro atoms. The van der Waals surface area contributed by atoms with Gasteiger partial charge in [-0.05, 0) is 50.7 Å². The molecule has 3 N–H and O–H groups in total. The van der Waals surface area contributed by atoms with Crippen LogP contribution in [0.5, 0.6) is 0 Å². The molecule has 36 heavy (non-hydrogen) atoms. The molecule has 4 atom stereocenters. The normalized spacial score (nSPS) is 22.8. The molecule has 0 aromatic heterocycles. The summed E-state index contributed by atoms with van der Waals surface area (Å²) in [4.78, 5) is 38.4. The molecule has 13 heteroatoms. The molecule has 2 saturated heterocycles. The molecule has 200 valence electrons. The van der Waals surface area contributed by atoms with Crippen LogP contribution in [0.1, 0.15) is 59.2 Å². The summed E-state index contributed by atoms with van der Waals surface area (Å²) in [5.74, 6) is -1.53. The molecule has 0 radical (unpaired) electrons. The van der Waals surface area contributed by atoms with Crippen LogP contribution < -0.4 is 11.1 Å². The first-order valence-corrected chi connectivity index (χ1v) is 15.4. The van der Waals surface area contributed by atoms with Crippen molar-refractivity contribution in [2.24, 2.45) is 5.73 Å². The average Bonchev–Trinajstić information content (AvgIpc) is 2.91. The van der Waals surface area contributed by atoms with Gasteiger partial charge in [-0.3, -0.25) is 17.5 Å². The summed E-state index contributed by atoms with van der Waals surface area (Å²) < 4.78 is 24.5. The predicted octanol–water partition coefficient (Wildman–Crippen LogP) is 3.67. The second kappa shape index (κ2) is 14.7. The number of halogens is 3. The highest BCUT2D eigenvalue weighted by Gasteiger charge is 2.46. The van der Waals surface area contributed by atoms with Crippen molar-refractivity contribution >= 4 is 85.8 Å². The minimum atomic E-state index is -1.30. The lowest BCUT2D eigenvalue weighted by Crippen LogP contribution is -2.64. The van der Waals surface area contributed by atoms with E-state index in [9.17, 15) is 14.4 Å². The summed E-state index contributed by atoms with van der Waals surface area (Å²) in [6.45, 7) is 0.963. The number of carbonyl (C=O) groups is 3. The van der Waals surface area contributed by atoms with Gasteiger partial charge in [-0.25, -0.2) is 0 Å². The Morgan fingerprint density at radius 1 is 1.08 bits per heavy atom. The second-order valence-electron chi connectivity index (χ2n) is 8.45. The number of nitrogens with two attached hydrogens (primary N) is 1. The lowest BCUT2D eigenvalue weighted by Gasteiger charge is -2.42. The molecule has 0 aliphatic carbocycles. The van der Waals surface area contributed by atoms with E-state index < -0.39 is 40.1 Å². The number of nitrogens with one attached hydrogen (secondary N) is 1. The van der Waals surface area contributed by atoms with E-state index in [0.29, 0.717) is 24.1 Å². The number of benzene rings is 1. The molecule has 1 aromatic carbocycles. The Bertz CT molecular complexity index is 913. The summed E-state index contributed by atoms with van der Waals surface area (Å²) in [5, 5.41) is 2.96. The third-order valence-electron chi connectivity index (χ3n) is 5.77. The Labute approximate surface area is 251 Å². The van der Waals surface area contributed by atoms with Crippen molar-refractivity contribution in [2.75, 3.05) is 24.2 Å². The summed E-state index contributed by atoms with van der Waals surface area (Å²) >= 11 is 6.08. The highest BCUT2D eigenvalue weighted by molar-refractivity contribution is 14.1. The molecule has 0 bridgehead atoms. The van der Waals surface area contributed by atoms with Gasteiger partial charge in [-0.2, -0.15) is 0 Å². The van der Waals surface area contributed by atoms with Crippen LogP contribution in [0, 0.1) is 0 Å². The van der Waals surface area contributed by atoms with Gasteiger partial charge in [0, 0.05) is 13.2 Å². The van der Waals surface area contributed by atoms with Crippen molar-refractivity contribution in [3.63, 3.8) is 0 Å². The number of amides is 3. The number of carbonyl (C=O) groups excluding carboxylic acids is 3. The smallest absolute Gasteiger partial charge is 0.264 e. The predicted molar refractivity (Wildman–Crippen MR) is 157 cm³/mol. The number of ether oxygens (including phenoxy) is 4. The number of alkyl halides is 2. The Hall–Kier alpha value is -0.340. The third kappa shape index (κ3) is 8.08. The first-order chi connectivity index (χ1) is 17.3. The second-order valence-corrected chi connectivity index (χ2v) is 11.4. The van der Waals surface area contributed by atoms with Crippen LogP contribution in [0.25, 0.3) is 0 Å². The van der Waals surface area contributed by atoms with Crippen LogP contribution in [-0.2, 0) is 23.7 Å². The van der Waals surface area contributed by atoms with E-state index in [1.165, 1.54) is 9.18 Å². The molecule has 3 rings (SSSR count). The van der Waals surface area contributed by atoms with Crippen molar-refractivity contribution in [1.82, 2.24) is 8.43 Å². The topological polar surface area (TPSA) is 129 Å². The maximum Gasteiger partial charge on any atom is 0.264 e. The summed E-state index contributed by atoms with van der Waals surface area (Å²) in [6, 6.07) is 6.36. The van der Waals surface area contributed by atoms with Crippen molar-refractivity contribution in [3.8, 4) is 0 Å². The van der Waals surface area contributed by atoms with Crippen LogP contribution in [0.15, 0.2) is 24.3 Å². The maximum atomic E-state index is 13.4. The number of rotatable bonds is 11. The van der Waals surface area contributed by atoms with Gasteiger partial charge in [-0.15, -0.1) is 0 Å². The van der Waals surface area contributed by atoms with Crippen LogP contribution in [0.2, 0.25) is 0 Å². The van der Waals surface area contributed by atoms with E-state index in [2.05, 4.69) is 50.5 Å². The fourth-order valence-electron chi connectivity index (χ4n) is 3.88. The fourth-order valence-corrected chi connectivity index (χ4v) is 7.00. The Kier molecular flexibility index (Phi) is 12.3. The average molecular weight is 841 g/mol. The van der Waals surface area contributed by atoms with Gasteiger partial charge in [-0.1, -0.05) is 57.3 Å². The molecule has 2 aliphatic rings. The van der Waals surface area contributed by atoms with Crippen molar-refractivity contribution in [2.45, 2.75) is 60.9 Å². The molecule has 10 nitrogen and oxygen atoms in total. The number of primary amides is 1. The van der Waals surface area contributed by atoms with E-state index in [4.69, 9.17) is 24.7 Å². The van der Waals surface area contributed by atoms with E-state index >= 15 is 0 Å². The van der Waals surface area contributed by atoms with Crippen molar-refractivity contribution in [1.29, 1.82) is 0 Å². The van der Waals surface area contributed by atoms with Gasteiger partial charge in [0.15, 0.2) is 18.3 Å². The molecule has 3 amide bonds. The lowest BCUT2D eigenvalue weighted by atomic mass is 10.1. The highest BCUT2D eigenvalue weighted by Crippen LogP contribution is 2.34. The summed E-state index contributed by atoms with van der Waals surface area (Å²) in [6.07, 6.45) is 4.30. The lowest BCUT2D eigenvalue weighted by molar-refractivity contribution is -0.229. The first-order valence-electron chi connectivity index (χ1n) is 11.7. The molecular weight excluding hydrogens is 811 g/mol. The standard InChI is InChI=1S/C23H30I3N3O7/c24-14-23(36-19-10-4-6-12-34-19,28-17(30)13-35-18-9-3-5-11-33-18)22(25)29(26)21(32)16-8-2-1-7-15(16)20(27)31/h1-2,7-8,18-19,22H,3-6,9-14H2,(H2,27,31)(H,28,30). The van der Waals surface area contributed by atoms with Gasteiger partial charge in [0.1, 0.15) is 10.7 Å². The Balaban J connectivity index is 1.80. The van der Waals surface area contributed by atoms with Gasteiger partial charge in [0.25, 0.3) is 5.91 Å². The number of hydrogen-bond acceptors (Lipinski definition) is 7. The zero-order valence-electron chi connectivity index (χ0n) is 19.6. The third-order valence-corrected chi connectivity index (χ3v) is 10.5. The zero-order valence-corrected chi connectivity index (χ0v) is 26.1. The largest absolute Gasteiger partial charge is 0.366 e. The van der Waals surface area contributed by atoms with Crippen molar-refractivity contribution in [3.05, 3.63) is 35.4 Å². The number of nitrogens with zero attached hydrogens (tertiary/aromatic N) is 1.